The number of nitrogens with zero attached hydrogens (tertiary/aromatic N) is 2. The first-order valence-corrected chi connectivity index (χ1v) is 6.96. The Bertz CT molecular complexity index is 625. The second-order valence-electron chi connectivity index (χ2n) is 5.87. The van der Waals surface area contributed by atoms with Gasteiger partial charge in [-0.3, -0.25) is 4.79 Å². The van der Waals surface area contributed by atoms with Crippen LogP contribution in [0.5, 0.6) is 0 Å². The zero-order valence-electron chi connectivity index (χ0n) is 11.0. The van der Waals surface area contributed by atoms with Crippen LogP contribution in [0.4, 0.5) is 0 Å². The van der Waals surface area contributed by atoms with Gasteiger partial charge in [-0.25, -0.2) is 4.98 Å². The Kier molecular flexibility index (Phi) is 2.08. The molecule has 1 saturated heterocycles. The van der Waals surface area contributed by atoms with E-state index in [1.807, 2.05) is 24.3 Å². The van der Waals surface area contributed by atoms with E-state index in [-0.39, 0.29) is 11.4 Å². The number of H-pyrrole nitrogens is 1. The molecule has 2 fully saturated rings. The van der Waals surface area contributed by atoms with E-state index in [1.165, 1.54) is 0 Å². The van der Waals surface area contributed by atoms with Crippen molar-refractivity contribution in [2.24, 2.45) is 0 Å². The fourth-order valence-electron chi connectivity index (χ4n) is 3.25. The Morgan fingerprint density at radius 3 is 2.89 bits per heavy atom. The minimum Gasteiger partial charge on any atom is -0.340 e. The van der Waals surface area contributed by atoms with E-state index in [9.17, 15) is 4.79 Å². The molecule has 1 saturated carbocycles. The van der Waals surface area contributed by atoms with Crippen LogP contribution in [0, 0.1) is 0 Å². The highest BCUT2D eigenvalue weighted by atomic mass is 16.2. The van der Waals surface area contributed by atoms with Gasteiger partial charge in [-0.2, -0.15) is 0 Å². The average molecular weight is 255 g/mol. The van der Waals surface area contributed by atoms with E-state index in [4.69, 9.17) is 4.98 Å². The maximum Gasteiger partial charge on any atom is 0.223 e. The van der Waals surface area contributed by atoms with E-state index < -0.39 is 0 Å². The summed E-state index contributed by atoms with van der Waals surface area (Å²) in [6.07, 6.45) is 3.79. The molecule has 2 aromatic rings. The predicted molar refractivity (Wildman–Crippen MR) is 72.5 cm³/mol. The first kappa shape index (κ1) is 11.0. The van der Waals surface area contributed by atoms with Gasteiger partial charge in [-0.1, -0.05) is 12.1 Å². The molecule has 0 spiro atoms. The molecule has 19 heavy (non-hydrogen) atoms. The molecule has 1 aliphatic carbocycles. The SMILES string of the molecule is CC1(c2nc3ccccc3[nH]2)CCC(=O)N1C1CC1. The number of para-hydroxylation sites is 2. The number of imidazole rings is 1. The molecule has 4 rings (SSSR count). The summed E-state index contributed by atoms with van der Waals surface area (Å²) in [6, 6.07) is 8.48. The molecule has 1 aliphatic heterocycles. The first-order valence-electron chi connectivity index (χ1n) is 6.96. The highest BCUT2D eigenvalue weighted by Gasteiger charge is 2.50. The zero-order chi connectivity index (χ0) is 13.0. The van der Waals surface area contributed by atoms with Gasteiger partial charge in [0.2, 0.25) is 5.91 Å². The van der Waals surface area contributed by atoms with Crippen LogP contribution in [0.25, 0.3) is 11.0 Å². The minimum absolute atomic E-state index is 0.253. The van der Waals surface area contributed by atoms with Crippen LogP contribution in [0.3, 0.4) is 0 Å². The molecule has 4 nitrogen and oxygen atoms in total. The number of nitrogens with one attached hydrogen (secondary N) is 1. The summed E-state index contributed by atoms with van der Waals surface area (Å²) in [4.78, 5) is 22.3. The van der Waals surface area contributed by atoms with Crippen LogP contribution < -0.4 is 0 Å². The number of aromatic nitrogens is 2. The molecule has 2 aliphatic rings. The van der Waals surface area contributed by atoms with E-state index in [1.54, 1.807) is 0 Å². The average Bonchev–Trinajstić information content (AvgIpc) is 3.04. The lowest BCUT2D eigenvalue weighted by Gasteiger charge is -2.33. The number of benzene rings is 1. The lowest BCUT2D eigenvalue weighted by atomic mass is 9.98. The van der Waals surface area contributed by atoms with Crippen LogP contribution in [-0.4, -0.2) is 26.8 Å². The minimum atomic E-state index is -0.253. The lowest BCUT2D eigenvalue weighted by Crippen LogP contribution is -2.43. The largest absolute Gasteiger partial charge is 0.340 e. The molecule has 1 atom stereocenters. The number of hydrogen-bond acceptors (Lipinski definition) is 2. The molecular weight excluding hydrogens is 238 g/mol. The Morgan fingerprint density at radius 2 is 2.16 bits per heavy atom. The third-order valence-corrected chi connectivity index (χ3v) is 4.44. The fourth-order valence-corrected chi connectivity index (χ4v) is 3.25. The second-order valence-corrected chi connectivity index (χ2v) is 5.87. The molecule has 1 aromatic heterocycles. The quantitative estimate of drug-likeness (QED) is 0.896. The molecule has 98 valence electrons. The van der Waals surface area contributed by atoms with Crippen LogP contribution >= 0.6 is 0 Å². The van der Waals surface area contributed by atoms with Gasteiger partial charge >= 0.3 is 0 Å². The summed E-state index contributed by atoms with van der Waals surface area (Å²) in [7, 11) is 0. The third kappa shape index (κ3) is 1.52. The van der Waals surface area contributed by atoms with Crippen molar-refractivity contribution in [3.63, 3.8) is 0 Å². The Labute approximate surface area is 111 Å². The molecular formula is C15H17N3O. The van der Waals surface area contributed by atoms with Gasteiger partial charge in [0, 0.05) is 12.5 Å². The Morgan fingerprint density at radius 1 is 1.37 bits per heavy atom. The van der Waals surface area contributed by atoms with Crippen molar-refractivity contribution < 1.29 is 4.79 Å². The molecule has 2 heterocycles. The lowest BCUT2D eigenvalue weighted by molar-refractivity contribution is -0.132. The van der Waals surface area contributed by atoms with Crippen LogP contribution in [0.15, 0.2) is 24.3 Å². The molecule has 4 heteroatoms. The van der Waals surface area contributed by atoms with Crippen LogP contribution in [0.2, 0.25) is 0 Å². The van der Waals surface area contributed by atoms with Crippen molar-refractivity contribution >= 4 is 16.9 Å². The topological polar surface area (TPSA) is 49.0 Å². The van der Waals surface area contributed by atoms with Gasteiger partial charge in [-0.15, -0.1) is 0 Å². The maximum atomic E-state index is 12.1. The van der Waals surface area contributed by atoms with E-state index in [0.717, 1.165) is 36.1 Å². The summed E-state index contributed by atoms with van der Waals surface area (Å²) in [5.74, 6) is 1.22. The van der Waals surface area contributed by atoms with Crippen LogP contribution in [-0.2, 0) is 10.3 Å². The van der Waals surface area contributed by atoms with Crippen LogP contribution in [0.1, 0.15) is 38.4 Å². The standard InChI is InChI=1S/C15H17N3O/c1-15(9-8-13(19)18(15)10-6-7-10)14-16-11-4-2-3-5-12(11)17-14/h2-5,10H,6-9H2,1H3,(H,16,17). The summed E-state index contributed by atoms with van der Waals surface area (Å²) in [6.45, 7) is 2.15. The molecule has 1 amide bonds. The van der Waals surface area contributed by atoms with Crippen molar-refractivity contribution in [2.45, 2.75) is 44.2 Å². The highest BCUT2D eigenvalue weighted by Crippen LogP contribution is 2.45. The third-order valence-electron chi connectivity index (χ3n) is 4.44. The number of carbonyl (C=O) groups is 1. The summed E-state index contributed by atoms with van der Waals surface area (Å²) >= 11 is 0. The number of carbonyl (C=O) groups excluding carboxylic acids is 1. The summed E-state index contributed by atoms with van der Waals surface area (Å²) in [5, 5.41) is 0. The molecule has 1 aromatic carbocycles. The van der Waals surface area contributed by atoms with Gasteiger partial charge < -0.3 is 9.88 Å². The normalized spacial score (nSPS) is 27.4. The zero-order valence-corrected chi connectivity index (χ0v) is 11.0. The smallest absolute Gasteiger partial charge is 0.223 e. The van der Waals surface area contributed by atoms with E-state index >= 15 is 0 Å². The first-order chi connectivity index (χ1) is 9.18. The van der Waals surface area contributed by atoms with Gasteiger partial charge in [0.15, 0.2) is 0 Å². The van der Waals surface area contributed by atoms with Crippen molar-refractivity contribution in [3.05, 3.63) is 30.1 Å². The van der Waals surface area contributed by atoms with E-state index in [2.05, 4.69) is 16.8 Å². The fraction of sp³-hybridized carbons (Fsp3) is 0.467. The highest BCUT2D eigenvalue weighted by molar-refractivity contribution is 5.81. The Balaban J connectivity index is 1.82. The van der Waals surface area contributed by atoms with Gasteiger partial charge in [-0.05, 0) is 38.3 Å². The van der Waals surface area contributed by atoms with Gasteiger partial charge in [0.1, 0.15) is 5.82 Å². The molecule has 0 radical (unpaired) electrons. The number of hydrogen-bond donors (Lipinski definition) is 1. The molecule has 0 bridgehead atoms. The number of likely N-dealkylation sites (tertiary alicyclic amines) is 1. The van der Waals surface area contributed by atoms with Gasteiger partial charge in [0.05, 0.1) is 16.6 Å². The van der Waals surface area contributed by atoms with Gasteiger partial charge in [0.25, 0.3) is 0 Å². The number of aromatic amines is 1. The summed E-state index contributed by atoms with van der Waals surface area (Å²) < 4.78 is 0. The molecule has 1 unspecified atom stereocenters. The summed E-state index contributed by atoms with van der Waals surface area (Å²) in [5.41, 5.74) is 1.78. The monoisotopic (exact) mass is 255 g/mol. The Hall–Kier alpha value is -1.84. The predicted octanol–water partition coefficient (Wildman–Crippen LogP) is 2.56. The van der Waals surface area contributed by atoms with E-state index in [0.29, 0.717) is 12.5 Å². The number of amides is 1. The van der Waals surface area contributed by atoms with Crippen molar-refractivity contribution in [1.82, 2.24) is 14.9 Å². The maximum absolute atomic E-state index is 12.1. The molecule has 1 N–H and O–H groups in total. The number of fused-ring (bicyclic) bond motifs is 1. The van der Waals surface area contributed by atoms with Crippen molar-refractivity contribution in [2.75, 3.05) is 0 Å². The number of rotatable bonds is 2. The van der Waals surface area contributed by atoms with Crippen molar-refractivity contribution in [3.8, 4) is 0 Å². The second kappa shape index (κ2) is 3.59. The van der Waals surface area contributed by atoms with Crippen molar-refractivity contribution in [1.29, 1.82) is 0 Å².